The number of hydrogen-bond acceptors (Lipinski definition) is 5. The Morgan fingerprint density at radius 2 is 2.04 bits per heavy atom. The first-order chi connectivity index (χ1) is 12.2. The van der Waals surface area contributed by atoms with Crippen LogP contribution >= 0.6 is 0 Å². The van der Waals surface area contributed by atoms with Crippen LogP contribution in [0.1, 0.15) is 17.0 Å². The first-order valence-electron chi connectivity index (χ1n) is 8.24. The maximum absolute atomic E-state index is 9.11. The van der Waals surface area contributed by atoms with Crippen LogP contribution in [0.15, 0.2) is 48.7 Å². The number of anilines is 1. The van der Waals surface area contributed by atoms with Crippen molar-refractivity contribution in [3.8, 4) is 11.6 Å². The zero-order valence-corrected chi connectivity index (χ0v) is 14.4. The van der Waals surface area contributed by atoms with Gasteiger partial charge in [0.25, 0.3) is 0 Å². The quantitative estimate of drug-likeness (QED) is 0.692. The number of aromatic nitrogens is 3. The average Bonchev–Trinajstić information content (AvgIpc) is 2.88. The van der Waals surface area contributed by atoms with Crippen LogP contribution < -0.4 is 10.1 Å². The highest BCUT2D eigenvalue weighted by molar-refractivity contribution is 5.49. The number of ether oxygens (including phenoxy) is 1. The SMILES string of the molecule is Cc1nn(CCO)c(C)c1CNc1cccc(Oc2ccccn2)c1. The molecule has 2 N–H and O–H groups in total. The highest BCUT2D eigenvalue weighted by atomic mass is 16.5. The third kappa shape index (κ3) is 4.16. The van der Waals surface area contributed by atoms with E-state index in [1.807, 2.05) is 61.0 Å². The Balaban J connectivity index is 1.69. The summed E-state index contributed by atoms with van der Waals surface area (Å²) < 4.78 is 7.60. The highest BCUT2D eigenvalue weighted by Crippen LogP contribution is 2.23. The zero-order valence-electron chi connectivity index (χ0n) is 14.4. The van der Waals surface area contributed by atoms with Crippen LogP contribution in [0.2, 0.25) is 0 Å². The van der Waals surface area contributed by atoms with Gasteiger partial charge in [0.05, 0.1) is 18.8 Å². The molecule has 6 heteroatoms. The van der Waals surface area contributed by atoms with Crippen LogP contribution in [0.3, 0.4) is 0 Å². The van der Waals surface area contributed by atoms with Crippen LogP contribution in [0.5, 0.6) is 11.6 Å². The number of aryl methyl sites for hydroxylation is 1. The van der Waals surface area contributed by atoms with Crippen molar-refractivity contribution in [2.24, 2.45) is 0 Å². The van der Waals surface area contributed by atoms with Crippen molar-refractivity contribution >= 4 is 5.69 Å². The molecule has 0 fully saturated rings. The van der Waals surface area contributed by atoms with Gasteiger partial charge in [-0.2, -0.15) is 5.10 Å². The summed E-state index contributed by atoms with van der Waals surface area (Å²) in [5.74, 6) is 1.30. The molecular weight excluding hydrogens is 316 g/mol. The molecule has 0 radical (unpaired) electrons. The fraction of sp³-hybridized carbons (Fsp3) is 0.263. The molecule has 0 saturated carbocycles. The predicted octanol–water partition coefficient (Wildman–Crippen LogP) is 3.29. The van der Waals surface area contributed by atoms with Gasteiger partial charge in [0.15, 0.2) is 0 Å². The number of benzene rings is 1. The number of hydrogen-bond donors (Lipinski definition) is 2. The van der Waals surface area contributed by atoms with Crippen LogP contribution in [-0.2, 0) is 13.1 Å². The molecule has 0 unspecified atom stereocenters. The predicted molar refractivity (Wildman–Crippen MR) is 96.9 cm³/mol. The van der Waals surface area contributed by atoms with Crippen molar-refractivity contribution in [1.29, 1.82) is 0 Å². The Hall–Kier alpha value is -2.86. The van der Waals surface area contributed by atoms with E-state index in [1.54, 1.807) is 6.20 Å². The smallest absolute Gasteiger partial charge is 0.219 e. The van der Waals surface area contributed by atoms with Gasteiger partial charge in [0.1, 0.15) is 5.75 Å². The van der Waals surface area contributed by atoms with Gasteiger partial charge in [-0.1, -0.05) is 12.1 Å². The van der Waals surface area contributed by atoms with Gasteiger partial charge in [-0.05, 0) is 32.0 Å². The molecule has 25 heavy (non-hydrogen) atoms. The highest BCUT2D eigenvalue weighted by Gasteiger charge is 2.11. The molecule has 130 valence electrons. The molecule has 2 aromatic heterocycles. The first-order valence-corrected chi connectivity index (χ1v) is 8.24. The second kappa shape index (κ2) is 7.81. The van der Waals surface area contributed by atoms with Gasteiger partial charge in [-0.25, -0.2) is 4.98 Å². The van der Waals surface area contributed by atoms with Crippen molar-refractivity contribution in [3.05, 3.63) is 65.6 Å². The lowest BCUT2D eigenvalue weighted by Gasteiger charge is -2.10. The molecule has 2 heterocycles. The molecule has 1 aromatic carbocycles. The topological polar surface area (TPSA) is 72.2 Å². The minimum Gasteiger partial charge on any atom is -0.439 e. The number of nitrogens with zero attached hydrogens (tertiary/aromatic N) is 3. The molecule has 0 saturated heterocycles. The van der Waals surface area contributed by atoms with Crippen molar-refractivity contribution < 1.29 is 9.84 Å². The van der Waals surface area contributed by atoms with Crippen molar-refractivity contribution in [2.75, 3.05) is 11.9 Å². The molecule has 0 bridgehead atoms. The third-order valence-corrected chi connectivity index (χ3v) is 4.01. The Morgan fingerprint density at radius 3 is 2.80 bits per heavy atom. The van der Waals surface area contributed by atoms with Gasteiger partial charge >= 0.3 is 0 Å². The molecule has 3 rings (SSSR count). The van der Waals surface area contributed by atoms with E-state index in [9.17, 15) is 0 Å². The van der Waals surface area contributed by atoms with Crippen LogP contribution in [0.4, 0.5) is 5.69 Å². The van der Waals surface area contributed by atoms with Gasteiger partial charge in [0.2, 0.25) is 5.88 Å². The summed E-state index contributed by atoms with van der Waals surface area (Å²) in [6.45, 7) is 5.27. The van der Waals surface area contributed by atoms with Gasteiger partial charge < -0.3 is 15.2 Å². The van der Waals surface area contributed by atoms with E-state index in [2.05, 4.69) is 15.4 Å². The monoisotopic (exact) mass is 338 g/mol. The van der Waals surface area contributed by atoms with Gasteiger partial charge in [-0.15, -0.1) is 0 Å². The van der Waals surface area contributed by atoms with E-state index < -0.39 is 0 Å². The van der Waals surface area contributed by atoms with Crippen LogP contribution in [-0.4, -0.2) is 26.5 Å². The second-order valence-corrected chi connectivity index (χ2v) is 5.75. The minimum atomic E-state index is 0.0851. The summed E-state index contributed by atoms with van der Waals surface area (Å²) in [6, 6.07) is 13.3. The lowest BCUT2D eigenvalue weighted by atomic mass is 10.2. The van der Waals surface area contributed by atoms with Crippen molar-refractivity contribution in [2.45, 2.75) is 26.9 Å². The van der Waals surface area contributed by atoms with E-state index >= 15 is 0 Å². The first kappa shape index (κ1) is 17.0. The van der Waals surface area contributed by atoms with Crippen molar-refractivity contribution in [1.82, 2.24) is 14.8 Å². The molecule has 0 amide bonds. The van der Waals surface area contributed by atoms with E-state index in [1.165, 1.54) is 0 Å². The second-order valence-electron chi connectivity index (χ2n) is 5.75. The Bertz CT molecular complexity index is 831. The molecule has 3 aromatic rings. The van der Waals surface area contributed by atoms with E-state index in [0.717, 1.165) is 28.4 Å². The number of aliphatic hydroxyl groups excluding tert-OH is 1. The summed E-state index contributed by atoms with van der Waals surface area (Å²) in [5.41, 5.74) is 4.14. The number of aliphatic hydroxyl groups is 1. The van der Waals surface area contributed by atoms with Crippen LogP contribution in [0.25, 0.3) is 0 Å². The molecular formula is C19H22N4O2. The molecule has 0 spiro atoms. The minimum absolute atomic E-state index is 0.0851. The molecule has 0 aliphatic carbocycles. The summed E-state index contributed by atoms with van der Waals surface area (Å²) in [6.07, 6.45) is 1.70. The van der Waals surface area contributed by atoms with E-state index in [-0.39, 0.29) is 6.61 Å². The molecule has 0 atom stereocenters. The normalized spacial score (nSPS) is 10.7. The third-order valence-electron chi connectivity index (χ3n) is 4.01. The van der Waals surface area contributed by atoms with E-state index in [4.69, 9.17) is 9.84 Å². The Labute approximate surface area is 147 Å². The summed E-state index contributed by atoms with van der Waals surface area (Å²) in [4.78, 5) is 4.17. The van der Waals surface area contributed by atoms with Gasteiger partial charge in [0, 0.05) is 41.8 Å². The van der Waals surface area contributed by atoms with Gasteiger partial charge in [-0.3, -0.25) is 4.68 Å². The maximum atomic E-state index is 9.11. The Morgan fingerprint density at radius 1 is 1.16 bits per heavy atom. The largest absolute Gasteiger partial charge is 0.439 e. The lowest BCUT2D eigenvalue weighted by molar-refractivity contribution is 0.268. The number of pyridine rings is 1. The summed E-state index contributed by atoms with van der Waals surface area (Å²) in [5, 5.41) is 17.0. The van der Waals surface area contributed by atoms with E-state index in [0.29, 0.717) is 19.0 Å². The standard InChI is InChI=1S/C19H22N4O2/c1-14-18(15(2)23(22-14)10-11-24)13-21-16-6-5-7-17(12-16)25-19-8-3-4-9-20-19/h3-9,12,21,24H,10-11,13H2,1-2H3. The molecule has 6 nitrogen and oxygen atoms in total. The zero-order chi connectivity index (χ0) is 17.6. The van der Waals surface area contributed by atoms with Crippen molar-refractivity contribution in [3.63, 3.8) is 0 Å². The molecule has 0 aliphatic rings. The summed E-state index contributed by atoms with van der Waals surface area (Å²) in [7, 11) is 0. The Kier molecular flexibility index (Phi) is 5.30. The van der Waals surface area contributed by atoms with Crippen LogP contribution in [0, 0.1) is 13.8 Å². The fourth-order valence-corrected chi connectivity index (χ4v) is 2.69. The fourth-order valence-electron chi connectivity index (χ4n) is 2.69. The number of rotatable bonds is 7. The average molecular weight is 338 g/mol. The molecule has 0 aliphatic heterocycles. The maximum Gasteiger partial charge on any atom is 0.219 e. The summed E-state index contributed by atoms with van der Waals surface area (Å²) >= 11 is 0. The lowest BCUT2D eigenvalue weighted by Crippen LogP contribution is -2.07. The number of nitrogens with one attached hydrogen (secondary N) is 1.